The fraction of sp³-hybridized carbons (Fsp3) is 0.364. The van der Waals surface area contributed by atoms with E-state index in [1.165, 1.54) is 23.0 Å². The average molecular weight is 176 g/mol. The van der Waals surface area contributed by atoms with E-state index in [1.807, 2.05) is 13.1 Å². The fourth-order valence-corrected chi connectivity index (χ4v) is 1.45. The molecule has 0 fully saturated rings. The number of allylic oxidation sites excluding steroid dienone is 1. The highest BCUT2D eigenvalue weighted by Gasteiger charge is 2.06. The Morgan fingerprint density at radius 3 is 2.92 bits per heavy atom. The van der Waals surface area contributed by atoms with E-state index in [1.54, 1.807) is 0 Å². The zero-order valence-corrected chi connectivity index (χ0v) is 8.28. The molecular formula is C11H16N2. The van der Waals surface area contributed by atoms with Crippen LogP contribution in [-0.2, 0) is 12.8 Å². The first-order chi connectivity index (χ1) is 6.15. The summed E-state index contributed by atoms with van der Waals surface area (Å²) < 4.78 is 0. The number of hydrogen-bond acceptors (Lipinski definition) is 1. The molecule has 2 nitrogen and oxygen atoms in total. The van der Waals surface area contributed by atoms with Gasteiger partial charge >= 0.3 is 0 Å². The van der Waals surface area contributed by atoms with Crippen molar-refractivity contribution in [2.24, 2.45) is 0 Å². The molecule has 1 heterocycles. The van der Waals surface area contributed by atoms with Crippen LogP contribution in [0.4, 0.5) is 0 Å². The highest BCUT2D eigenvalue weighted by Crippen LogP contribution is 2.15. The van der Waals surface area contributed by atoms with Crippen LogP contribution in [0.2, 0.25) is 0 Å². The summed E-state index contributed by atoms with van der Waals surface area (Å²) in [6.45, 7) is 7.97. The second kappa shape index (κ2) is 4.08. The Balaban J connectivity index is 2.92. The van der Waals surface area contributed by atoms with Crippen LogP contribution in [0.25, 0.3) is 0 Å². The molecule has 0 aliphatic heterocycles. The van der Waals surface area contributed by atoms with Gasteiger partial charge in [0, 0.05) is 24.7 Å². The van der Waals surface area contributed by atoms with Crippen LogP contribution in [-0.4, -0.2) is 11.2 Å². The summed E-state index contributed by atoms with van der Waals surface area (Å²) >= 11 is 0. The molecule has 0 aliphatic carbocycles. The molecule has 0 aromatic carbocycles. The average Bonchev–Trinajstić information content (AvgIpc) is 2.35. The van der Waals surface area contributed by atoms with E-state index in [0.717, 1.165) is 18.4 Å². The smallest absolute Gasteiger partial charge is 0.0227 e. The van der Waals surface area contributed by atoms with Gasteiger partial charge in [-0.2, -0.15) is 0 Å². The van der Waals surface area contributed by atoms with Gasteiger partial charge in [0.25, 0.3) is 0 Å². The number of hydrogen-bond donors (Lipinski definition) is 2. The van der Waals surface area contributed by atoms with Crippen molar-refractivity contribution in [1.29, 1.82) is 5.41 Å². The van der Waals surface area contributed by atoms with Gasteiger partial charge in [-0.25, -0.2) is 0 Å². The van der Waals surface area contributed by atoms with Gasteiger partial charge in [0.15, 0.2) is 0 Å². The molecule has 0 saturated heterocycles. The number of rotatable bonds is 4. The summed E-state index contributed by atoms with van der Waals surface area (Å²) in [5, 5.41) is 7.09. The first kappa shape index (κ1) is 9.78. The SMILES string of the molecule is C=C(C)Cc1[nH]cc(C)c1CC=N. The molecule has 0 atom stereocenters. The highest BCUT2D eigenvalue weighted by molar-refractivity contribution is 5.60. The molecule has 2 N–H and O–H groups in total. The molecule has 0 aliphatic rings. The van der Waals surface area contributed by atoms with Gasteiger partial charge in [0.2, 0.25) is 0 Å². The van der Waals surface area contributed by atoms with Gasteiger partial charge in [-0.15, -0.1) is 0 Å². The van der Waals surface area contributed by atoms with Crippen LogP contribution < -0.4 is 0 Å². The summed E-state index contributed by atoms with van der Waals surface area (Å²) in [4.78, 5) is 3.23. The highest BCUT2D eigenvalue weighted by atomic mass is 14.7. The zero-order chi connectivity index (χ0) is 9.84. The van der Waals surface area contributed by atoms with Crippen LogP contribution in [0.15, 0.2) is 18.3 Å². The summed E-state index contributed by atoms with van der Waals surface area (Å²) in [6.07, 6.45) is 5.05. The third-order valence-corrected chi connectivity index (χ3v) is 2.09. The summed E-state index contributed by atoms with van der Waals surface area (Å²) in [5.74, 6) is 0. The summed E-state index contributed by atoms with van der Waals surface area (Å²) in [5.41, 5.74) is 4.83. The second-order valence-corrected chi connectivity index (χ2v) is 3.47. The third-order valence-electron chi connectivity index (χ3n) is 2.09. The lowest BCUT2D eigenvalue weighted by Gasteiger charge is -2.01. The number of aryl methyl sites for hydroxylation is 1. The largest absolute Gasteiger partial charge is 0.364 e. The summed E-state index contributed by atoms with van der Waals surface area (Å²) in [7, 11) is 0. The Morgan fingerprint density at radius 1 is 1.69 bits per heavy atom. The van der Waals surface area contributed by atoms with Crippen LogP contribution in [0.5, 0.6) is 0 Å². The molecule has 0 saturated carbocycles. The molecule has 1 rings (SSSR count). The minimum atomic E-state index is 0.720. The predicted octanol–water partition coefficient (Wildman–Crippen LogP) is 2.63. The van der Waals surface area contributed by atoms with Crippen molar-refractivity contribution < 1.29 is 0 Å². The van der Waals surface area contributed by atoms with Crippen LogP contribution >= 0.6 is 0 Å². The van der Waals surface area contributed by atoms with Crippen molar-refractivity contribution in [1.82, 2.24) is 4.98 Å². The molecule has 0 spiro atoms. The zero-order valence-electron chi connectivity index (χ0n) is 8.28. The minimum absolute atomic E-state index is 0.720. The predicted molar refractivity (Wildman–Crippen MR) is 56.5 cm³/mol. The lowest BCUT2D eigenvalue weighted by atomic mass is 10.0. The molecule has 0 bridgehead atoms. The van der Waals surface area contributed by atoms with Crippen molar-refractivity contribution >= 4 is 6.21 Å². The molecule has 1 aromatic heterocycles. The van der Waals surface area contributed by atoms with Gasteiger partial charge < -0.3 is 10.4 Å². The van der Waals surface area contributed by atoms with E-state index >= 15 is 0 Å². The van der Waals surface area contributed by atoms with Crippen molar-refractivity contribution in [3.8, 4) is 0 Å². The number of H-pyrrole nitrogens is 1. The Kier molecular flexibility index (Phi) is 3.07. The van der Waals surface area contributed by atoms with Crippen LogP contribution in [0.3, 0.4) is 0 Å². The van der Waals surface area contributed by atoms with Crippen molar-refractivity contribution in [2.45, 2.75) is 26.7 Å². The van der Waals surface area contributed by atoms with E-state index in [9.17, 15) is 0 Å². The molecule has 0 unspecified atom stereocenters. The molecular weight excluding hydrogens is 160 g/mol. The van der Waals surface area contributed by atoms with E-state index in [0.29, 0.717) is 0 Å². The van der Waals surface area contributed by atoms with Crippen LogP contribution in [0, 0.1) is 12.3 Å². The Hall–Kier alpha value is -1.31. The Labute approximate surface area is 79.2 Å². The fourth-order valence-electron chi connectivity index (χ4n) is 1.45. The maximum Gasteiger partial charge on any atom is 0.0227 e. The van der Waals surface area contributed by atoms with E-state index in [-0.39, 0.29) is 0 Å². The van der Waals surface area contributed by atoms with Gasteiger partial charge in [-0.1, -0.05) is 12.2 Å². The number of nitrogens with one attached hydrogen (secondary N) is 2. The maximum absolute atomic E-state index is 7.09. The van der Waals surface area contributed by atoms with Gasteiger partial charge in [0.05, 0.1) is 0 Å². The van der Waals surface area contributed by atoms with Crippen molar-refractivity contribution in [2.75, 3.05) is 0 Å². The lowest BCUT2D eigenvalue weighted by Crippen LogP contribution is -1.94. The number of aromatic amines is 1. The molecule has 13 heavy (non-hydrogen) atoms. The number of aromatic nitrogens is 1. The maximum atomic E-state index is 7.09. The topological polar surface area (TPSA) is 39.6 Å². The first-order valence-corrected chi connectivity index (χ1v) is 4.44. The minimum Gasteiger partial charge on any atom is -0.364 e. The standard InChI is InChI=1S/C11H16N2/c1-8(2)6-11-10(4-5-12)9(3)7-13-11/h5,7,12-13H,1,4,6H2,2-3H3. The first-order valence-electron chi connectivity index (χ1n) is 4.44. The quantitative estimate of drug-likeness (QED) is 0.523. The van der Waals surface area contributed by atoms with Crippen molar-refractivity contribution in [3.63, 3.8) is 0 Å². The third kappa shape index (κ3) is 2.31. The monoisotopic (exact) mass is 176 g/mol. The Bertz CT molecular complexity index is 321. The second-order valence-electron chi connectivity index (χ2n) is 3.47. The lowest BCUT2D eigenvalue weighted by molar-refractivity contribution is 1.05. The molecule has 1 aromatic rings. The van der Waals surface area contributed by atoms with Gasteiger partial charge in [-0.3, -0.25) is 0 Å². The molecule has 0 amide bonds. The van der Waals surface area contributed by atoms with E-state index in [2.05, 4.69) is 18.5 Å². The van der Waals surface area contributed by atoms with Gasteiger partial charge in [0.1, 0.15) is 0 Å². The molecule has 2 heteroatoms. The normalized spacial score (nSPS) is 10.0. The van der Waals surface area contributed by atoms with Gasteiger partial charge in [-0.05, 0) is 31.2 Å². The van der Waals surface area contributed by atoms with Crippen molar-refractivity contribution in [3.05, 3.63) is 35.2 Å². The molecule has 0 radical (unpaired) electrons. The van der Waals surface area contributed by atoms with E-state index in [4.69, 9.17) is 5.41 Å². The molecule has 70 valence electrons. The summed E-state index contributed by atoms with van der Waals surface area (Å²) in [6, 6.07) is 0. The van der Waals surface area contributed by atoms with Crippen LogP contribution in [0.1, 0.15) is 23.7 Å². The van der Waals surface area contributed by atoms with E-state index < -0.39 is 0 Å². The Morgan fingerprint density at radius 2 is 2.38 bits per heavy atom.